The van der Waals surface area contributed by atoms with Crippen molar-refractivity contribution in [1.82, 2.24) is 9.97 Å². The number of nitrogens with one attached hydrogen (secondary N) is 1. The maximum absolute atomic E-state index is 5.02. The molecule has 0 saturated carbocycles. The van der Waals surface area contributed by atoms with Crippen LogP contribution in [-0.4, -0.2) is 37.3 Å². The van der Waals surface area contributed by atoms with E-state index in [2.05, 4.69) is 27.4 Å². The van der Waals surface area contributed by atoms with E-state index in [0.29, 0.717) is 6.61 Å². The molecule has 0 bridgehead atoms. The molecule has 2 rings (SSSR count). The number of ether oxygens (including phenoxy) is 1. The molecule has 1 heterocycles. The molecule has 5 heteroatoms. The summed E-state index contributed by atoms with van der Waals surface area (Å²) in [6.45, 7) is 3.26. The monoisotopic (exact) mass is 272 g/mol. The molecule has 0 amide bonds. The highest BCUT2D eigenvalue weighted by Crippen LogP contribution is 2.22. The predicted octanol–water partition coefficient (Wildman–Crippen LogP) is 2.61. The van der Waals surface area contributed by atoms with Gasteiger partial charge in [-0.15, -0.1) is 0 Å². The third-order valence-electron chi connectivity index (χ3n) is 2.92. The highest BCUT2D eigenvalue weighted by molar-refractivity contribution is 5.61. The van der Waals surface area contributed by atoms with Crippen LogP contribution >= 0.6 is 0 Å². The second kappa shape index (κ2) is 6.86. The van der Waals surface area contributed by atoms with E-state index in [9.17, 15) is 0 Å². The SMILES string of the molecule is COCCNc1cc(N(C)c2ccccc2)nc(C)n1. The van der Waals surface area contributed by atoms with E-state index in [1.807, 2.05) is 43.1 Å². The summed E-state index contributed by atoms with van der Waals surface area (Å²) in [7, 11) is 3.68. The minimum atomic E-state index is 0.646. The summed E-state index contributed by atoms with van der Waals surface area (Å²) < 4.78 is 5.02. The summed E-state index contributed by atoms with van der Waals surface area (Å²) in [5.74, 6) is 2.42. The predicted molar refractivity (Wildman–Crippen MR) is 81.6 cm³/mol. The van der Waals surface area contributed by atoms with Crippen LogP contribution in [0.1, 0.15) is 5.82 Å². The number of nitrogens with zero attached hydrogens (tertiary/aromatic N) is 3. The lowest BCUT2D eigenvalue weighted by atomic mass is 10.3. The van der Waals surface area contributed by atoms with Crippen molar-refractivity contribution >= 4 is 17.3 Å². The Balaban J connectivity index is 2.19. The number of rotatable bonds is 6. The second-order valence-corrected chi connectivity index (χ2v) is 4.47. The van der Waals surface area contributed by atoms with E-state index >= 15 is 0 Å². The molecule has 0 radical (unpaired) electrons. The second-order valence-electron chi connectivity index (χ2n) is 4.47. The van der Waals surface area contributed by atoms with Gasteiger partial charge in [0.25, 0.3) is 0 Å². The quantitative estimate of drug-likeness (QED) is 0.819. The molecule has 2 aromatic rings. The highest BCUT2D eigenvalue weighted by atomic mass is 16.5. The van der Waals surface area contributed by atoms with Gasteiger partial charge in [-0.25, -0.2) is 9.97 Å². The molecule has 20 heavy (non-hydrogen) atoms. The molecule has 5 nitrogen and oxygen atoms in total. The van der Waals surface area contributed by atoms with Gasteiger partial charge in [0.15, 0.2) is 0 Å². The summed E-state index contributed by atoms with van der Waals surface area (Å²) >= 11 is 0. The van der Waals surface area contributed by atoms with Gasteiger partial charge in [-0.2, -0.15) is 0 Å². The molecule has 1 aromatic carbocycles. The number of aromatic nitrogens is 2. The van der Waals surface area contributed by atoms with Crippen LogP contribution in [0.15, 0.2) is 36.4 Å². The van der Waals surface area contributed by atoms with Crippen molar-refractivity contribution in [2.45, 2.75) is 6.92 Å². The Labute approximate surface area is 119 Å². The normalized spacial score (nSPS) is 10.3. The number of benzene rings is 1. The standard InChI is InChI=1S/C15H20N4O/c1-12-17-14(16-9-10-20-3)11-15(18-12)19(2)13-7-5-4-6-8-13/h4-8,11H,9-10H2,1-3H3,(H,16,17,18). The Kier molecular flexibility index (Phi) is 4.90. The van der Waals surface area contributed by atoms with Crippen molar-refractivity contribution < 1.29 is 4.74 Å². The summed E-state index contributed by atoms with van der Waals surface area (Å²) in [5, 5.41) is 3.23. The van der Waals surface area contributed by atoms with Gasteiger partial charge in [0.05, 0.1) is 6.61 Å². The summed E-state index contributed by atoms with van der Waals surface area (Å²) in [6.07, 6.45) is 0. The van der Waals surface area contributed by atoms with Crippen molar-refractivity contribution in [2.75, 3.05) is 37.5 Å². The fourth-order valence-corrected chi connectivity index (χ4v) is 1.88. The summed E-state index contributed by atoms with van der Waals surface area (Å²) in [4.78, 5) is 10.9. The maximum atomic E-state index is 5.02. The van der Waals surface area contributed by atoms with Crippen LogP contribution in [-0.2, 0) is 4.74 Å². The Bertz CT molecular complexity index is 545. The molecule has 0 fully saturated rings. The minimum Gasteiger partial charge on any atom is -0.383 e. The van der Waals surface area contributed by atoms with Crippen LogP contribution < -0.4 is 10.2 Å². The van der Waals surface area contributed by atoms with Crippen LogP contribution in [0.3, 0.4) is 0 Å². The van der Waals surface area contributed by atoms with E-state index in [4.69, 9.17) is 4.74 Å². The maximum Gasteiger partial charge on any atom is 0.138 e. The van der Waals surface area contributed by atoms with E-state index in [-0.39, 0.29) is 0 Å². The van der Waals surface area contributed by atoms with Gasteiger partial charge in [-0.3, -0.25) is 0 Å². The number of para-hydroxylation sites is 1. The van der Waals surface area contributed by atoms with Crippen LogP contribution in [0.4, 0.5) is 17.3 Å². The number of anilines is 3. The first kappa shape index (κ1) is 14.3. The highest BCUT2D eigenvalue weighted by Gasteiger charge is 2.08. The van der Waals surface area contributed by atoms with Crippen molar-refractivity contribution in [3.05, 3.63) is 42.2 Å². The first-order valence-corrected chi connectivity index (χ1v) is 6.58. The molecule has 0 aliphatic rings. The van der Waals surface area contributed by atoms with E-state index in [1.54, 1.807) is 7.11 Å². The summed E-state index contributed by atoms with van der Waals surface area (Å²) in [5.41, 5.74) is 1.09. The number of aryl methyl sites for hydroxylation is 1. The fraction of sp³-hybridized carbons (Fsp3) is 0.333. The summed E-state index contributed by atoms with van der Waals surface area (Å²) in [6, 6.07) is 12.1. The van der Waals surface area contributed by atoms with Crippen molar-refractivity contribution in [2.24, 2.45) is 0 Å². The van der Waals surface area contributed by atoms with Crippen LogP contribution in [0.2, 0.25) is 0 Å². The van der Waals surface area contributed by atoms with Crippen molar-refractivity contribution in [3.8, 4) is 0 Å². The first-order valence-electron chi connectivity index (χ1n) is 6.58. The smallest absolute Gasteiger partial charge is 0.138 e. The van der Waals surface area contributed by atoms with Crippen molar-refractivity contribution in [1.29, 1.82) is 0 Å². The van der Waals surface area contributed by atoms with Gasteiger partial charge >= 0.3 is 0 Å². The third-order valence-corrected chi connectivity index (χ3v) is 2.92. The van der Waals surface area contributed by atoms with Crippen LogP contribution in [0, 0.1) is 6.92 Å². The third kappa shape index (κ3) is 3.68. The zero-order valence-electron chi connectivity index (χ0n) is 12.1. The van der Waals surface area contributed by atoms with Gasteiger partial charge < -0.3 is 15.0 Å². The molecule has 1 aromatic heterocycles. The van der Waals surface area contributed by atoms with E-state index in [1.165, 1.54) is 0 Å². The lowest BCUT2D eigenvalue weighted by Crippen LogP contribution is -2.14. The lowest BCUT2D eigenvalue weighted by molar-refractivity contribution is 0.210. The average Bonchev–Trinajstić information content (AvgIpc) is 2.47. The van der Waals surface area contributed by atoms with Gasteiger partial charge in [-0.05, 0) is 19.1 Å². The molecule has 0 unspecified atom stereocenters. The number of hydrogen-bond donors (Lipinski definition) is 1. The van der Waals surface area contributed by atoms with Crippen LogP contribution in [0.5, 0.6) is 0 Å². The largest absolute Gasteiger partial charge is 0.383 e. The zero-order chi connectivity index (χ0) is 14.4. The van der Waals surface area contributed by atoms with Gasteiger partial charge in [0.1, 0.15) is 17.5 Å². The molecule has 0 atom stereocenters. The average molecular weight is 272 g/mol. The van der Waals surface area contributed by atoms with Gasteiger partial charge in [0.2, 0.25) is 0 Å². The van der Waals surface area contributed by atoms with Crippen LogP contribution in [0.25, 0.3) is 0 Å². The molecular weight excluding hydrogens is 252 g/mol. The fourth-order valence-electron chi connectivity index (χ4n) is 1.88. The Morgan fingerprint density at radius 2 is 1.95 bits per heavy atom. The Hall–Kier alpha value is -2.14. The number of methoxy groups -OCH3 is 1. The molecule has 0 saturated heterocycles. The Morgan fingerprint density at radius 3 is 2.65 bits per heavy atom. The minimum absolute atomic E-state index is 0.646. The molecular formula is C15H20N4O. The molecule has 0 aliphatic heterocycles. The number of hydrogen-bond acceptors (Lipinski definition) is 5. The zero-order valence-corrected chi connectivity index (χ0v) is 12.1. The van der Waals surface area contributed by atoms with Crippen molar-refractivity contribution in [3.63, 3.8) is 0 Å². The van der Waals surface area contributed by atoms with E-state index in [0.717, 1.165) is 29.7 Å². The topological polar surface area (TPSA) is 50.3 Å². The lowest BCUT2D eigenvalue weighted by Gasteiger charge is -2.19. The molecule has 1 N–H and O–H groups in total. The first-order chi connectivity index (χ1) is 9.70. The molecule has 0 aliphatic carbocycles. The van der Waals surface area contributed by atoms with E-state index < -0.39 is 0 Å². The Morgan fingerprint density at radius 1 is 1.20 bits per heavy atom. The molecule has 0 spiro atoms. The molecule has 106 valence electrons. The van der Waals surface area contributed by atoms with Gasteiger partial charge in [0, 0.05) is 32.5 Å². The van der Waals surface area contributed by atoms with Gasteiger partial charge in [-0.1, -0.05) is 18.2 Å².